The fourth-order valence-corrected chi connectivity index (χ4v) is 3.28. The first-order valence-corrected chi connectivity index (χ1v) is 8.10. The Morgan fingerprint density at radius 3 is 2.50 bits per heavy atom. The van der Waals surface area contributed by atoms with E-state index in [1.807, 2.05) is 0 Å². The highest BCUT2D eigenvalue weighted by molar-refractivity contribution is 7.71. The maximum Gasteiger partial charge on any atom is 0.259 e. The molecule has 0 spiro atoms. The Kier molecular flexibility index (Phi) is 3.14. The van der Waals surface area contributed by atoms with Gasteiger partial charge in [0, 0.05) is 11.6 Å². The summed E-state index contributed by atoms with van der Waals surface area (Å²) in [5.41, 5.74) is 0.922. The second kappa shape index (κ2) is 5.05. The van der Waals surface area contributed by atoms with Crippen molar-refractivity contribution < 1.29 is 4.79 Å². The first-order valence-electron chi connectivity index (χ1n) is 7.69. The molecule has 0 unspecified atom stereocenters. The molecule has 0 saturated heterocycles. The van der Waals surface area contributed by atoms with Gasteiger partial charge in [0.1, 0.15) is 0 Å². The van der Waals surface area contributed by atoms with E-state index in [0.717, 1.165) is 0 Å². The van der Waals surface area contributed by atoms with Crippen LogP contribution in [0, 0.1) is 16.6 Å². The second-order valence-corrected chi connectivity index (χ2v) is 6.75. The molecule has 6 heteroatoms. The highest BCUT2D eigenvalue weighted by Gasteiger charge is 2.42. The van der Waals surface area contributed by atoms with Crippen LogP contribution in [0.2, 0.25) is 0 Å². The number of aromatic nitrogens is 2. The quantitative estimate of drug-likeness (QED) is 0.759. The molecule has 1 aromatic carbocycles. The van der Waals surface area contributed by atoms with Crippen molar-refractivity contribution >= 4 is 29.0 Å². The highest BCUT2D eigenvalue weighted by Crippen LogP contribution is 2.44. The van der Waals surface area contributed by atoms with Crippen LogP contribution in [0.5, 0.6) is 0 Å². The molecule has 0 aliphatic heterocycles. The predicted octanol–water partition coefficient (Wildman–Crippen LogP) is 2.50. The molecule has 0 radical (unpaired) electrons. The molecule has 2 aliphatic carbocycles. The monoisotopic (exact) mass is 315 g/mol. The Morgan fingerprint density at radius 2 is 1.86 bits per heavy atom. The van der Waals surface area contributed by atoms with Crippen molar-refractivity contribution in [3.63, 3.8) is 0 Å². The Bertz CT molecular complexity index is 850. The van der Waals surface area contributed by atoms with Crippen molar-refractivity contribution in [3.05, 3.63) is 38.9 Å². The Morgan fingerprint density at radius 1 is 1.18 bits per heavy atom. The molecular formula is C16H17N3O2S. The number of nitrogens with one attached hydrogen (secondary N) is 3. The van der Waals surface area contributed by atoms with E-state index in [2.05, 4.69) is 15.3 Å². The number of carbonyl (C=O) groups is 1. The fourth-order valence-electron chi connectivity index (χ4n) is 3.08. The summed E-state index contributed by atoms with van der Waals surface area (Å²) in [4.78, 5) is 29.8. The van der Waals surface area contributed by atoms with Gasteiger partial charge in [0.2, 0.25) is 0 Å². The number of hydrogen-bond acceptors (Lipinski definition) is 3. The van der Waals surface area contributed by atoms with E-state index >= 15 is 0 Å². The van der Waals surface area contributed by atoms with E-state index < -0.39 is 0 Å². The lowest BCUT2D eigenvalue weighted by atomic mass is 10.1. The number of hydrogen-bond donors (Lipinski definition) is 3. The van der Waals surface area contributed by atoms with Gasteiger partial charge < -0.3 is 10.3 Å². The van der Waals surface area contributed by atoms with Crippen LogP contribution in [0.3, 0.4) is 0 Å². The minimum Gasteiger partial charge on any atom is -0.349 e. The molecule has 2 aromatic rings. The zero-order valence-corrected chi connectivity index (χ0v) is 12.8. The van der Waals surface area contributed by atoms with Crippen LogP contribution in [0.25, 0.3) is 10.9 Å². The number of carbonyl (C=O) groups excluding carboxylic acids is 1. The smallest absolute Gasteiger partial charge is 0.259 e. The van der Waals surface area contributed by atoms with Crippen LogP contribution in [0.1, 0.15) is 36.0 Å². The molecule has 114 valence electrons. The van der Waals surface area contributed by atoms with E-state index in [9.17, 15) is 9.59 Å². The lowest BCUT2D eigenvalue weighted by Gasteiger charge is -2.17. The van der Waals surface area contributed by atoms with Crippen LogP contribution in [-0.4, -0.2) is 21.9 Å². The Hall–Kier alpha value is -1.95. The van der Waals surface area contributed by atoms with Gasteiger partial charge >= 0.3 is 0 Å². The summed E-state index contributed by atoms with van der Waals surface area (Å²) in [5.74, 6) is 1.25. The number of rotatable bonds is 4. The maximum absolute atomic E-state index is 12.5. The minimum atomic E-state index is -0.237. The van der Waals surface area contributed by atoms with Gasteiger partial charge in [0.25, 0.3) is 11.5 Å². The topological polar surface area (TPSA) is 77.8 Å². The molecule has 0 bridgehead atoms. The van der Waals surface area contributed by atoms with Crippen molar-refractivity contribution in [2.45, 2.75) is 31.7 Å². The summed E-state index contributed by atoms with van der Waals surface area (Å²) in [6, 6.07) is 5.38. The van der Waals surface area contributed by atoms with Crippen molar-refractivity contribution in [2.24, 2.45) is 11.8 Å². The average molecular weight is 315 g/mol. The lowest BCUT2D eigenvalue weighted by molar-refractivity contribution is 0.0926. The van der Waals surface area contributed by atoms with Gasteiger partial charge in [-0.3, -0.25) is 14.6 Å². The Labute approximate surface area is 132 Å². The van der Waals surface area contributed by atoms with Crippen LogP contribution in [-0.2, 0) is 0 Å². The molecular weight excluding hydrogens is 298 g/mol. The number of fused-ring (bicyclic) bond motifs is 1. The first kappa shape index (κ1) is 13.7. The number of amides is 1. The van der Waals surface area contributed by atoms with E-state index in [1.165, 1.54) is 25.7 Å². The van der Waals surface area contributed by atoms with E-state index in [4.69, 9.17) is 12.2 Å². The molecule has 2 fully saturated rings. The van der Waals surface area contributed by atoms with Gasteiger partial charge in [-0.1, -0.05) is 0 Å². The maximum atomic E-state index is 12.5. The molecule has 4 rings (SSSR count). The summed E-state index contributed by atoms with van der Waals surface area (Å²) >= 11 is 4.98. The van der Waals surface area contributed by atoms with Gasteiger partial charge in [0.05, 0.1) is 10.9 Å². The SMILES string of the molecule is O=C(NC(C1CC1)C1CC1)c1ccc2c(=O)[nH]c(=S)[nH]c2c1. The summed E-state index contributed by atoms with van der Waals surface area (Å²) in [7, 11) is 0. The molecule has 22 heavy (non-hydrogen) atoms. The molecule has 2 aliphatic rings. The second-order valence-electron chi connectivity index (χ2n) is 6.34. The van der Waals surface area contributed by atoms with Crippen LogP contribution in [0.15, 0.2) is 23.0 Å². The third-order valence-corrected chi connectivity index (χ3v) is 4.76. The van der Waals surface area contributed by atoms with Crippen molar-refractivity contribution in [2.75, 3.05) is 0 Å². The molecule has 3 N–H and O–H groups in total. The predicted molar refractivity (Wildman–Crippen MR) is 86.5 cm³/mol. The lowest BCUT2D eigenvalue weighted by Crippen LogP contribution is -2.38. The largest absolute Gasteiger partial charge is 0.349 e. The molecule has 1 amide bonds. The standard InChI is InChI=1S/C16H17N3O2S/c20-14(18-13(8-1-2-8)9-3-4-9)10-5-6-11-12(7-10)17-16(22)19-15(11)21/h5-9,13H,1-4H2,(H,18,20)(H2,17,19,21,22). The first-order chi connectivity index (χ1) is 10.6. The third-order valence-electron chi connectivity index (χ3n) is 4.56. The van der Waals surface area contributed by atoms with Crippen molar-refractivity contribution in [1.82, 2.24) is 15.3 Å². The normalized spacial score (nSPS) is 17.9. The number of H-pyrrole nitrogens is 2. The van der Waals surface area contributed by atoms with Gasteiger partial charge in [-0.25, -0.2) is 0 Å². The molecule has 1 heterocycles. The number of benzene rings is 1. The molecule has 5 nitrogen and oxygen atoms in total. The van der Waals surface area contributed by atoms with Gasteiger partial charge in [-0.2, -0.15) is 0 Å². The number of aromatic amines is 2. The molecule has 1 aromatic heterocycles. The summed E-state index contributed by atoms with van der Waals surface area (Å²) in [6.45, 7) is 0. The van der Waals surface area contributed by atoms with Crippen LogP contribution >= 0.6 is 12.2 Å². The fraction of sp³-hybridized carbons (Fsp3) is 0.438. The summed E-state index contributed by atoms with van der Waals surface area (Å²) in [6.07, 6.45) is 4.90. The van der Waals surface area contributed by atoms with E-state index in [0.29, 0.717) is 34.3 Å². The van der Waals surface area contributed by atoms with Gasteiger partial charge in [-0.05, 0) is 67.9 Å². The zero-order valence-electron chi connectivity index (χ0n) is 12.0. The van der Waals surface area contributed by atoms with Gasteiger partial charge in [-0.15, -0.1) is 0 Å². The van der Waals surface area contributed by atoms with Crippen LogP contribution in [0.4, 0.5) is 0 Å². The molecule has 0 atom stereocenters. The third kappa shape index (κ3) is 2.59. The van der Waals surface area contributed by atoms with Crippen LogP contribution < -0.4 is 10.9 Å². The van der Waals surface area contributed by atoms with Crippen molar-refractivity contribution in [1.29, 1.82) is 0 Å². The molecule has 2 saturated carbocycles. The Balaban J connectivity index is 1.63. The zero-order chi connectivity index (χ0) is 15.3. The summed E-state index contributed by atoms with van der Waals surface area (Å²) in [5, 5.41) is 3.69. The van der Waals surface area contributed by atoms with E-state index in [-0.39, 0.29) is 16.2 Å². The average Bonchev–Trinajstić information content (AvgIpc) is 3.37. The summed E-state index contributed by atoms with van der Waals surface area (Å²) < 4.78 is 0.267. The highest BCUT2D eigenvalue weighted by atomic mass is 32.1. The minimum absolute atomic E-state index is 0.0645. The van der Waals surface area contributed by atoms with E-state index in [1.54, 1.807) is 18.2 Å². The van der Waals surface area contributed by atoms with Crippen molar-refractivity contribution in [3.8, 4) is 0 Å². The van der Waals surface area contributed by atoms with Gasteiger partial charge in [0.15, 0.2) is 4.77 Å².